The first-order valence-electron chi connectivity index (χ1n) is 13.7. The molecule has 3 aliphatic heterocycles. The van der Waals surface area contributed by atoms with Crippen LogP contribution >= 0.6 is 23.2 Å². The number of hydrogen-bond acceptors (Lipinski definition) is 4. The van der Waals surface area contributed by atoms with Gasteiger partial charge in [-0.2, -0.15) is 0 Å². The number of piperidine rings is 1. The molecule has 0 radical (unpaired) electrons. The monoisotopic (exact) mass is 557 g/mol. The van der Waals surface area contributed by atoms with Gasteiger partial charge in [-0.25, -0.2) is 0 Å². The molecule has 3 aliphatic rings. The van der Waals surface area contributed by atoms with Crippen LogP contribution in [0, 0.1) is 13.8 Å². The molecule has 5 rings (SSSR count). The second kappa shape index (κ2) is 11.5. The van der Waals surface area contributed by atoms with Crippen LogP contribution < -0.4 is 0 Å². The summed E-state index contributed by atoms with van der Waals surface area (Å²) in [4.78, 5) is 33.3. The number of halogens is 2. The molecular weight excluding hydrogens is 521 g/mol. The van der Waals surface area contributed by atoms with Crippen LogP contribution in [0.3, 0.4) is 0 Å². The second-order valence-corrected chi connectivity index (χ2v) is 11.8. The topological polar surface area (TPSA) is 53.1 Å². The van der Waals surface area contributed by atoms with Crippen molar-refractivity contribution in [3.8, 4) is 0 Å². The van der Waals surface area contributed by atoms with Crippen molar-refractivity contribution < 1.29 is 14.3 Å². The average Bonchev–Trinajstić information content (AvgIpc) is 3.15. The van der Waals surface area contributed by atoms with E-state index in [-0.39, 0.29) is 30.6 Å². The van der Waals surface area contributed by atoms with Crippen molar-refractivity contribution in [1.82, 2.24) is 14.7 Å². The van der Waals surface area contributed by atoms with Crippen LogP contribution in [0.4, 0.5) is 0 Å². The van der Waals surface area contributed by atoms with Crippen LogP contribution in [0.25, 0.3) is 0 Å². The van der Waals surface area contributed by atoms with Crippen molar-refractivity contribution in [3.05, 3.63) is 68.7 Å². The zero-order chi connectivity index (χ0) is 27.0. The third-order valence-corrected chi connectivity index (χ3v) is 9.17. The zero-order valence-electron chi connectivity index (χ0n) is 22.5. The van der Waals surface area contributed by atoms with Crippen molar-refractivity contribution in [2.24, 2.45) is 0 Å². The fraction of sp³-hybridized carbons (Fsp3) is 0.533. The molecule has 2 aromatic carbocycles. The molecule has 3 fully saturated rings. The Morgan fingerprint density at radius 1 is 0.947 bits per heavy atom. The first-order chi connectivity index (χ1) is 18.2. The molecular formula is C30H37Cl2N3O3. The lowest BCUT2D eigenvalue weighted by molar-refractivity contribution is -0.144. The molecule has 6 nitrogen and oxygen atoms in total. The van der Waals surface area contributed by atoms with Gasteiger partial charge in [-0.05, 0) is 75.9 Å². The highest BCUT2D eigenvalue weighted by Gasteiger charge is 2.41. The van der Waals surface area contributed by atoms with Crippen LogP contribution in [0.2, 0.25) is 10.0 Å². The Morgan fingerprint density at radius 3 is 2.26 bits per heavy atom. The Bertz CT molecular complexity index is 1170. The second-order valence-electron chi connectivity index (χ2n) is 11.0. The number of carbonyl (C=O) groups is 2. The molecule has 8 heteroatoms. The summed E-state index contributed by atoms with van der Waals surface area (Å²) in [5.74, 6) is -0.0757. The number of fused-ring (bicyclic) bond motifs is 2. The maximum absolute atomic E-state index is 13.5. The minimum absolute atomic E-state index is 0.0247. The highest BCUT2D eigenvalue weighted by molar-refractivity contribution is 6.42. The van der Waals surface area contributed by atoms with Crippen molar-refractivity contribution in [3.63, 3.8) is 0 Å². The lowest BCUT2D eigenvalue weighted by Crippen LogP contribution is -2.53. The average molecular weight is 559 g/mol. The predicted molar refractivity (Wildman–Crippen MR) is 151 cm³/mol. The standard InChI is InChI=1S/C30H37Cl2N3O3/c1-4-34-23-6-7-24(34)16-25(15-23)38-18-29(36)35-10-9-33(30(37)22-12-19(2)11-20(3)13-22)17-28(35)21-5-8-26(31)27(32)14-21/h5,8,11-14,23-25,28H,4,6-7,9-10,15-18H2,1-3H3. The van der Waals surface area contributed by atoms with Gasteiger partial charge >= 0.3 is 0 Å². The van der Waals surface area contributed by atoms with Crippen LogP contribution in [-0.2, 0) is 9.53 Å². The van der Waals surface area contributed by atoms with Crippen molar-refractivity contribution in [1.29, 1.82) is 0 Å². The molecule has 0 aromatic heterocycles. The summed E-state index contributed by atoms with van der Waals surface area (Å²) in [5.41, 5.74) is 3.64. The van der Waals surface area contributed by atoms with Gasteiger partial charge in [-0.1, -0.05) is 53.4 Å². The number of piperazine rings is 1. The molecule has 3 heterocycles. The highest BCUT2D eigenvalue weighted by atomic mass is 35.5. The molecule has 3 atom stereocenters. The number of nitrogens with zero attached hydrogens (tertiary/aromatic N) is 3. The van der Waals surface area contributed by atoms with E-state index in [0.29, 0.717) is 47.3 Å². The molecule has 3 unspecified atom stereocenters. The van der Waals surface area contributed by atoms with Gasteiger partial charge in [0.25, 0.3) is 5.91 Å². The molecule has 2 bridgehead atoms. The summed E-state index contributed by atoms with van der Waals surface area (Å²) in [6.07, 6.45) is 4.55. The van der Waals surface area contributed by atoms with Gasteiger partial charge in [-0.15, -0.1) is 0 Å². The Hall–Kier alpha value is -2.12. The molecule has 0 aliphatic carbocycles. The maximum atomic E-state index is 13.5. The van der Waals surface area contributed by atoms with E-state index in [9.17, 15) is 9.59 Å². The van der Waals surface area contributed by atoms with E-state index in [1.807, 2.05) is 41.8 Å². The number of rotatable bonds is 6. The first kappa shape index (κ1) is 27.4. The van der Waals surface area contributed by atoms with Gasteiger partial charge in [0, 0.05) is 37.3 Å². The molecule has 0 spiro atoms. The fourth-order valence-electron chi connectivity index (χ4n) is 6.70. The molecule has 38 heavy (non-hydrogen) atoms. The van der Waals surface area contributed by atoms with E-state index in [1.54, 1.807) is 12.1 Å². The van der Waals surface area contributed by atoms with Gasteiger partial charge in [0.05, 0.1) is 22.2 Å². The summed E-state index contributed by atoms with van der Waals surface area (Å²) in [5, 5.41) is 0.896. The van der Waals surface area contributed by atoms with E-state index in [4.69, 9.17) is 27.9 Å². The third kappa shape index (κ3) is 5.74. The van der Waals surface area contributed by atoms with Gasteiger partial charge in [0.2, 0.25) is 5.91 Å². The Morgan fingerprint density at radius 2 is 1.63 bits per heavy atom. The van der Waals surface area contributed by atoms with Crippen molar-refractivity contribution in [2.75, 3.05) is 32.8 Å². The lowest BCUT2D eigenvalue weighted by atomic mass is 9.99. The van der Waals surface area contributed by atoms with Crippen LogP contribution in [0.15, 0.2) is 36.4 Å². The summed E-state index contributed by atoms with van der Waals surface area (Å²) >= 11 is 12.6. The Kier molecular flexibility index (Phi) is 8.34. The minimum Gasteiger partial charge on any atom is -0.368 e. The maximum Gasteiger partial charge on any atom is 0.254 e. The normalized spacial score (nSPS) is 25.6. The van der Waals surface area contributed by atoms with Gasteiger partial charge < -0.3 is 14.5 Å². The van der Waals surface area contributed by atoms with Crippen molar-refractivity contribution >= 4 is 35.0 Å². The third-order valence-electron chi connectivity index (χ3n) is 8.43. The fourth-order valence-corrected chi connectivity index (χ4v) is 7.01. The highest BCUT2D eigenvalue weighted by Crippen LogP contribution is 2.37. The quantitative estimate of drug-likeness (QED) is 0.459. The molecule has 0 N–H and O–H groups in total. The van der Waals surface area contributed by atoms with Crippen LogP contribution in [0.1, 0.15) is 65.7 Å². The number of aryl methyl sites for hydroxylation is 2. The van der Waals surface area contributed by atoms with Crippen LogP contribution in [0.5, 0.6) is 0 Å². The number of ether oxygens (including phenoxy) is 1. The Balaban J connectivity index is 1.31. The van der Waals surface area contributed by atoms with E-state index in [0.717, 1.165) is 36.1 Å². The van der Waals surface area contributed by atoms with Crippen LogP contribution in [-0.4, -0.2) is 77.5 Å². The van der Waals surface area contributed by atoms with E-state index in [2.05, 4.69) is 17.9 Å². The molecule has 0 saturated carbocycles. The first-order valence-corrected chi connectivity index (χ1v) is 14.5. The smallest absolute Gasteiger partial charge is 0.254 e. The zero-order valence-corrected chi connectivity index (χ0v) is 24.0. The molecule has 2 aromatic rings. The summed E-state index contributed by atoms with van der Waals surface area (Å²) in [6.45, 7) is 8.64. The van der Waals surface area contributed by atoms with Gasteiger partial charge in [0.1, 0.15) is 6.61 Å². The van der Waals surface area contributed by atoms with Crippen molar-refractivity contribution in [2.45, 2.75) is 70.7 Å². The Labute approximate surface area is 235 Å². The van der Waals surface area contributed by atoms with E-state index in [1.165, 1.54) is 12.8 Å². The van der Waals surface area contributed by atoms with Gasteiger partial charge in [-0.3, -0.25) is 14.5 Å². The van der Waals surface area contributed by atoms with E-state index >= 15 is 0 Å². The number of amides is 2. The molecule has 204 valence electrons. The van der Waals surface area contributed by atoms with Gasteiger partial charge in [0.15, 0.2) is 0 Å². The summed E-state index contributed by atoms with van der Waals surface area (Å²) in [7, 11) is 0. The molecule has 2 amide bonds. The van der Waals surface area contributed by atoms with E-state index < -0.39 is 0 Å². The lowest BCUT2D eigenvalue weighted by Gasteiger charge is -2.42. The molecule has 3 saturated heterocycles. The largest absolute Gasteiger partial charge is 0.368 e. The number of carbonyl (C=O) groups excluding carboxylic acids is 2. The summed E-state index contributed by atoms with van der Waals surface area (Å²) < 4.78 is 6.22. The summed E-state index contributed by atoms with van der Waals surface area (Å²) in [6, 6.07) is 12.2. The number of benzene rings is 2. The SMILES string of the molecule is CCN1C2CCC1CC(OCC(=O)N1CCN(C(=O)c3cc(C)cc(C)c3)CC1c1ccc(Cl)c(Cl)c1)C2. The minimum atomic E-state index is -0.331. The number of hydrogen-bond donors (Lipinski definition) is 0. The predicted octanol–water partition coefficient (Wildman–Crippen LogP) is 5.67.